The number of hydrogen-bond donors (Lipinski definition) is 0. The molecule has 1 aromatic rings. The van der Waals surface area contributed by atoms with E-state index in [9.17, 15) is 4.79 Å². The quantitative estimate of drug-likeness (QED) is 0.796. The molecule has 1 aliphatic heterocycles. The molecule has 0 aliphatic carbocycles. The second-order valence-corrected chi connectivity index (χ2v) is 6.58. The van der Waals surface area contributed by atoms with E-state index in [-0.39, 0.29) is 0 Å². The fourth-order valence-electron chi connectivity index (χ4n) is 2.77. The molecule has 1 saturated heterocycles. The van der Waals surface area contributed by atoms with Crippen LogP contribution in [0, 0.1) is 11.8 Å². The highest BCUT2D eigenvalue weighted by Gasteiger charge is 2.31. The standard InChI is InChI=1S/C14H22N2O2S/c1-9-5-10(2)11(3)16(6-9)14-15-12(8-18-4)13(7-17)19-14/h7,9-11H,5-6,8H2,1-4H3. The van der Waals surface area contributed by atoms with Crippen LogP contribution in [0.4, 0.5) is 5.13 Å². The first kappa shape index (κ1) is 14.5. The highest BCUT2D eigenvalue weighted by molar-refractivity contribution is 7.17. The van der Waals surface area contributed by atoms with Gasteiger partial charge in [-0.05, 0) is 25.2 Å². The largest absolute Gasteiger partial charge is 0.378 e. The number of ether oxygens (including phenoxy) is 1. The van der Waals surface area contributed by atoms with Crippen molar-refractivity contribution in [2.75, 3.05) is 18.6 Å². The molecule has 0 saturated carbocycles. The molecular formula is C14H22N2O2S. The fraction of sp³-hybridized carbons (Fsp3) is 0.714. The third kappa shape index (κ3) is 2.98. The molecule has 2 rings (SSSR count). The van der Waals surface area contributed by atoms with Crippen molar-refractivity contribution in [3.8, 4) is 0 Å². The number of aldehydes is 1. The molecule has 0 aromatic carbocycles. The first-order valence-corrected chi connectivity index (χ1v) is 7.58. The van der Waals surface area contributed by atoms with Crippen molar-refractivity contribution in [2.45, 2.75) is 39.8 Å². The highest BCUT2D eigenvalue weighted by atomic mass is 32.1. The molecule has 0 bridgehead atoms. The Hall–Kier alpha value is -0.940. The van der Waals surface area contributed by atoms with Gasteiger partial charge in [0.15, 0.2) is 11.4 Å². The highest BCUT2D eigenvalue weighted by Crippen LogP contribution is 2.34. The smallest absolute Gasteiger partial charge is 0.186 e. The zero-order valence-electron chi connectivity index (χ0n) is 12.0. The van der Waals surface area contributed by atoms with E-state index in [0.29, 0.717) is 29.4 Å². The molecule has 3 atom stereocenters. The Balaban J connectivity index is 2.27. The Morgan fingerprint density at radius 3 is 2.84 bits per heavy atom. The van der Waals surface area contributed by atoms with Gasteiger partial charge in [0.25, 0.3) is 0 Å². The topological polar surface area (TPSA) is 42.4 Å². The molecule has 1 aliphatic rings. The minimum absolute atomic E-state index is 0.401. The Morgan fingerprint density at radius 1 is 1.47 bits per heavy atom. The monoisotopic (exact) mass is 282 g/mol. The maximum Gasteiger partial charge on any atom is 0.186 e. The Labute approximate surface area is 118 Å². The summed E-state index contributed by atoms with van der Waals surface area (Å²) in [5.74, 6) is 1.32. The predicted molar refractivity (Wildman–Crippen MR) is 78.0 cm³/mol. The van der Waals surface area contributed by atoms with E-state index < -0.39 is 0 Å². The van der Waals surface area contributed by atoms with Gasteiger partial charge in [-0.1, -0.05) is 25.2 Å². The molecule has 1 fully saturated rings. The van der Waals surface area contributed by atoms with Crippen LogP contribution in [0.25, 0.3) is 0 Å². The molecule has 1 aromatic heterocycles. The second kappa shape index (κ2) is 6.01. The van der Waals surface area contributed by atoms with E-state index in [4.69, 9.17) is 4.74 Å². The molecule has 0 amide bonds. The van der Waals surface area contributed by atoms with E-state index >= 15 is 0 Å². The van der Waals surface area contributed by atoms with E-state index in [1.54, 1.807) is 7.11 Å². The van der Waals surface area contributed by atoms with Gasteiger partial charge < -0.3 is 9.64 Å². The zero-order valence-corrected chi connectivity index (χ0v) is 12.9. The zero-order chi connectivity index (χ0) is 14.0. The van der Waals surface area contributed by atoms with E-state index in [2.05, 4.69) is 30.7 Å². The van der Waals surface area contributed by atoms with E-state index in [1.165, 1.54) is 17.8 Å². The third-order valence-electron chi connectivity index (χ3n) is 3.95. The Bertz CT molecular complexity index is 447. The maximum atomic E-state index is 11.1. The van der Waals surface area contributed by atoms with E-state index in [1.807, 2.05) is 0 Å². The fourth-order valence-corrected chi connectivity index (χ4v) is 3.75. The maximum absolute atomic E-state index is 11.1. The number of aromatic nitrogens is 1. The summed E-state index contributed by atoms with van der Waals surface area (Å²) >= 11 is 1.48. The summed E-state index contributed by atoms with van der Waals surface area (Å²) in [4.78, 5) is 18.7. The lowest BCUT2D eigenvalue weighted by molar-refractivity contribution is 0.112. The molecule has 0 radical (unpaired) electrons. The van der Waals surface area contributed by atoms with Crippen molar-refractivity contribution in [2.24, 2.45) is 11.8 Å². The average molecular weight is 282 g/mol. The molecule has 106 valence electrons. The summed E-state index contributed by atoms with van der Waals surface area (Å²) in [6, 6.07) is 0.470. The predicted octanol–water partition coefficient (Wildman–Crippen LogP) is 2.97. The van der Waals surface area contributed by atoms with E-state index in [0.717, 1.165) is 23.7 Å². The number of piperidine rings is 1. The molecule has 3 unspecified atom stereocenters. The number of carbonyl (C=O) groups excluding carboxylic acids is 1. The number of hydrogen-bond acceptors (Lipinski definition) is 5. The van der Waals surface area contributed by atoms with Crippen LogP contribution in [0.5, 0.6) is 0 Å². The summed E-state index contributed by atoms with van der Waals surface area (Å²) in [5.41, 5.74) is 0.760. The summed E-state index contributed by atoms with van der Waals surface area (Å²) in [6.45, 7) is 8.23. The summed E-state index contributed by atoms with van der Waals surface area (Å²) in [7, 11) is 1.63. The van der Waals surface area contributed by atoms with Crippen molar-refractivity contribution >= 4 is 22.8 Å². The molecule has 5 heteroatoms. The number of rotatable bonds is 4. The van der Waals surface area contributed by atoms with Crippen molar-refractivity contribution in [1.29, 1.82) is 0 Å². The molecule has 0 N–H and O–H groups in total. The number of anilines is 1. The van der Waals surface area contributed by atoms with Crippen LogP contribution < -0.4 is 4.90 Å². The minimum Gasteiger partial charge on any atom is -0.378 e. The van der Waals surface area contributed by atoms with Crippen LogP contribution in [0.15, 0.2) is 0 Å². The number of methoxy groups -OCH3 is 1. The summed E-state index contributed by atoms with van der Waals surface area (Å²) in [6.07, 6.45) is 2.14. The van der Waals surface area contributed by atoms with Crippen molar-refractivity contribution in [3.05, 3.63) is 10.6 Å². The van der Waals surface area contributed by atoms with Crippen LogP contribution in [0.3, 0.4) is 0 Å². The molecule has 4 nitrogen and oxygen atoms in total. The molecule has 0 spiro atoms. The molecular weight excluding hydrogens is 260 g/mol. The number of carbonyl (C=O) groups is 1. The van der Waals surface area contributed by atoms with Gasteiger partial charge in [0, 0.05) is 19.7 Å². The Kier molecular flexibility index (Phi) is 4.58. The van der Waals surface area contributed by atoms with Gasteiger partial charge in [-0.2, -0.15) is 0 Å². The first-order chi connectivity index (χ1) is 9.06. The van der Waals surface area contributed by atoms with Crippen LogP contribution >= 0.6 is 11.3 Å². The van der Waals surface area contributed by atoms with Crippen LogP contribution in [0.1, 0.15) is 42.6 Å². The van der Waals surface area contributed by atoms with Crippen LogP contribution in [-0.2, 0) is 11.3 Å². The normalized spacial score (nSPS) is 27.6. The first-order valence-electron chi connectivity index (χ1n) is 6.77. The third-order valence-corrected chi connectivity index (χ3v) is 5.01. The molecule has 2 heterocycles. The molecule has 19 heavy (non-hydrogen) atoms. The summed E-state index contributed by atoms with van der Waals surface area (Å²) < 4.78 is 5.11. The Morgan fingerprint density at radius 2 is 2.21 bits per heavy atom. The van der Waals surface area contributed by atoms with Crippen LogP contribution in [0.2, 0.25) is 0 Å². The summed E-state index contributed by atoms with van der Waals surface area (Å²) in [5, 5.41) is 0.958. The van der Waals surface area contributed by atoms with Gasteiger partial charge in [0.2, 0.25) is 0 Å². The lowest BCUT2D eigenvalue weighted by Crippen LogP contribution is -2.45. The lowest BCUT2D eigenvalue weighted by atomic mass is 9.86. The van der Waals surface area contributed by atoms with Gasteiger partial charge in [0.05, 0.1) is 17.2 Å². The van der Waals surface area contributed by atoms with Crippen molar-refractivity contribution in [3.63, 3.8) is 0 Å². The van der Waals surface area contributed by atoms with Crippen molar-refractivity contribution in [1.82, 2.24) is 4.98 Å². The van der Waals surface area contributed by atoms with Gasteiger partial charge in [-0.3, -0.25) is 4.79 Å². The number of thiazole rings is 1. The van der Waals surface area contributed by atoms with Gasteiger partial charge in [0.1, 0.15) is 0 Å². The van der Waals surface area contributed by atoms with Gasteiger partial charge >= 0.3 is 0 Å². The van der Waals surface area contributed by atoms with Crippen LogP contribution in [-0.4, -0.2) is 31.0 Å². The second-order valence-electron chi connectivity index (χ2n) is 5.57. The average Bonchev–Trinajstić information content (AvgIpc) is 2.77. The minimum atomic E-state index is 0.401. The lowest BCUT2D eigenvalue weighted by Gasteiger charge is -2.41. The van der Waals surface area contributed by atoms with Gasteiger partial charge in [-0.15, -0.1) is 0 Å². The van der Waals surface area contributed by atoms with Gasteiger partial charge in [-0.25, -0.2) is 4.98 Å². The van der Waals surface area contributed by atoms with Crippen molar-refractivity contribution < 1.29 is 9.53 Å². The number of nitrogens with zero attached hydrogens (tertiary/aromatic N) is 2. The SMILES string of the molecule is COCc1nc(N2CC(C)CC(C)C2C)sc1C=O.